The van der Waals surface area contributed by atoms with E-state index in [2.05, 4.69) is 4.72 Å². The summed E-state index contributed by atoms with van der Waals surface area (Å²) < 4.78 is 28.1. The zero-order chi connectivity index (χ0) is 16.4. The quantitative estimate of drug-likeness (QED) is 0.724. The van der Waals surface area contributed by atoms with Crippen LogP contribution in [0.5, 0.6) is 0 Å². The van der Waals surface area contributed by atoms with Crippen LogP contribution in [-0.2, 0) is 10.0 Å². The normalized spacial score (nSPS) is 14.2. The van der Waals surface area contributed by atoms with Crippen molar-refractivity contribution < 1.29 is 13.5 Å². The number of aliphatic hydroxyl groups is 1. The Hall–Kier alpha value is -1.11. The SMILES string of the molecule is Cc1cc(N)cc(C)c1S(=O)(=O)NC(CCO)C(C)(C)C. The molecule has 0 saturated carbocycles. The van der Waals surface area contributed by atoms with Crippen molar-refractivity contribution >= 4 is 15.7 Å². The van der Waals surface area contributed by atoms with Gasteiger partial charge in [-0.3, -0.25) is 0 Å². The summed E-state index contributed by atoms with van der Waals surface area (Å²) in [5, 5.41) is 9.16. The van der Waals surface area contributed by atoms with Gasteiger partial charge in [0.1, 0.15) is 0 Å². The summed E-state index contributed by atoms with van der Waals surface area (Å²) in [6.07, 6.45) is 0.371. The van der Waals surface area contributed by atoms with Gasteiger partial charge >= 0.3 is 0 Å². The van der Waals surface area contributed by atoms with Crippen LogP contribution in [0.1, 0.15) is 38.3 Å². The second-order valence-corrected chi connectivity index (χ2v) is 8.19. The van der Waals surface area contributed by atoms with Crippen molar-refractivity contribution in [3.63, 3.8) is 0 Å². The molecule has 120 valence electrons. The maximum Gasteiger partial charge on any atom is 0.241 e. The second kappa shape index (κ2) is 6.34. The first-order valence-corrected chi connectivity index (χ1v) is 8.47. The Morgan fingerprint density at radius 2 is 1.71 bits per heavy atom. The van der Waals surface area contributed by atoms with Crippen molar-refractivity contribution in [2.75, 3.05) is 12.3 Å². The average molecular weight is 314 g/mol. The average Bonchev–Trinajstić information content (AvgIpc) is 2.24. The number of rotatable bonds is 5. The third-order valence-corrected chi connectivity index (χ3v) is 5.29. The molecule has 1 rings (SSSR count). The number of hydrogen-bond donors (Lipinski definition) is 3. The molecule has 1 aromatic carbocycles. The highest BCUT2D eigenvalue weighted by atomic mass is 32.2. The summed E-state index contributed by atoms with van der Waals surface area (Å²) in [5.74, 6) is 0. The lowest BCUT2D eigenvalue weighted by atomic mass is 9.86. The van der Waals surface area contributed by atoms with Gasteiger partial charge in [-0.1, -0.05) is 20.8 Å². The van der Waals surface area contributed by atoms with Crippen LogP contribution < -0.4 is 10.5 Å². The third kappa shape index (κ3) is 4.43. The minimum absolute atomic E-state index is 0.0653. The zero-order valence-corrected chi connectivity index (χ0v) is 14.2. The van der Waals surface area contributed by atoms with Crippen LogP contribution in [0.15, 0.2) is 17.0 Å². The van der Waals surface area contributed by atoms with Gasteiger partial charge < -0.3 is 10.8 Å². The summed E-state index contributed by atoms with van der Waals surface area (Å²) in [6, 6.07) is 2.96. The maximum atomic E-state index is 12.7. The molecule has 0 aliphatic carbocycles. The van der Waals surface area contributed by atoms with Gasteiger partial charge in [0.25, 0.3) is 0 Å². The summed E-state index contributed by atoms with van der Waals surface area (Å²) >= 11 is 0. The lowest BCUT2D eigenvalue weighted by Gasteiger charge is -2.31. The molecule has 0 saturated heterocycles. The highest BCUT2D eigenvalue weighted by molar-refractivity contribution is 7.89. The van der Waals surface area contributed by atoms with Crippen molar-refractivity contribution in [3.8, 4) is 0 Å². The van der Waals surface area contributed by atoms with Crippen molar-refractivity contribution in [1.29, 1.82) is 0 Å². The predicted molar refractivity (Wildman–Crippen MR) is 85.6 cm³/mol. The topological polar surface area (TPSA) is 92.4 Å². The molecular weight excluding hydrogens is 288 g/mol. The van der Waals surface area contributed by atoms with Crippen LogP contribution in [0.25, 0.3) is 0 Å². The fourth-order valence-electron chi connectivity index (χ4n) is 2.45. The minimum atomic E-state index is -3.66. The van der Waals surface area contributed by atoms with E-state index in [-0.39, 0.29) is 23.0 Å². The van der Waals surface area contributed by atoms with E-state index in [1.807, 2.05) is 20.8 Å². The van der Waals surface area contributed by atoms with Gasteiger partial charge in [0.05, 0.1) is 4.90 Å². The number of aliphatic hydroxyl groups excluding tert-OH is 1. The third-order valence-electron chi connectivity index (χ3n) is 3.51. The number of nitrogens with one attached hydrogen (secondary N) is 1. The second-order valence-electron chi connectivity index (χ2n) is 6.54. The zero-order valence-electron chi connectivity index (χ0n) is 13.4. The number of nitrogen functional groups attached to an aromatic ring is 1. The van der Waals surface area contributed by atoms with Crippen LogP contribution in [0.3, 0.4) is 0 Å². The number of aryl methyl sites for hydroxylation is 2. The van der Waals surface area contributed by atoms with Crippen molar-refractivity contribution in [3.05, 3.63) is 23.3 Å². The fraction of sp³-hybridized carbons (Fsp3) is 0.600. The summed E-state index contributed by atoms with van der Waals surface area (Å²) in [5.41, 5.74) is 7.25. The standard InChI is InChI=1S/C15H26N2O3S/c1-10-8-12(16)9-11(2)14(10)21(19,20)17-13(6-7-18)15(3,4)5/h8-9,13,17-18H,6-7,16H2,1-5H3. The number of hydrogen-bond acceptors (Lipinski definition) is 4. The first kappa shape index (κ1) is 17.9. The van der Waals surface area contributed by atoms with Crippen LogP contribution in [0.2, 0.25) is 0 Å². The van der Waals surface area contributed by atoms with E-state index in [0.29, 0.717) is 23.2 Å². The Labute approximate surface area is 127 Å². The van der Waals surface area contributed by atoms with Crippen LogP contribution in [0, 0.1) is 19.3 Å². The minimum Gasteiger partial charge on any atom is -0.399 e. The van der Waals surface area contributed by atoms with Crippen molar-refractivity contribution in [2.45, 2.75) is 52.0 Å². The monoisotopic (exact) mass is 314 g/mol. The molecule has 1 atom stereocenters. The molecule has 0 heterocycles. The molecule has 21 heavy (non-hydrogen) atoms. The first-order valence-electron chi connectivity index (χ1n) is 6.99. The summed E-state index contributed by atoms with van der Waals surface area (Å²) in [4.78, 5) is 0.267. The smallest absolute Gasteiger partial charge is 0.241 e. The number of nitrogens with two attached hydrogens (primary N) is 1. The molecule has 0 bridgehead atoms. The highest BCUT2D eigenvalue weighted by Gasteiger charge is 2.30. The lowest BCUT2D eigenvalue weighted by Crippen LogP contribution is -2.44. The molecule has 0 amide bonds. The molecule has 0 aliphatic rings. The maximum absolute atomic E-state index is 12.7. The van der Waals surface area contributed by atoms with E-state index in [4.69, 9.17) is 10.8 Å². The molecule has 0 aromatic heterocycles. The molecule has 6 heteroatoms. The summed E-state index contributed by atoms with van der Waals surface area (Å²) in [6.45, 7) is 9.23. The largest absolute Gasteiger partial charge is 0.399 e. The van der Waals surface area contributed by atoms with Crippen molar-refractivity contribution in [2.24, 2.45) is 5.41 Å². The molecule has 1 unspecified atom stereocenters. The molecule has 1 aromatic rings. The van der Waals surface area contributed by atoms with Gasteiger partial charge in [-0.2, -0.15) is 0 Å². The Morgan fingerprint density at radius 1 is 1.24 bits per heavy atom. The summed E-state index contributed by atoms with van der Waals surface area (Å²) in [7, 11) is -3.66. The van der Waals surface area contributed by atoms with Gasteiger partial charge in [0.2, 0.25) is 10.0 Å². The van der Waals surface area contributed by atoms with E-state index in [1.165, 1.54) is 0 Å². The fourth-order valence-corrected chi connectivity index (χ4v) is 4.38. The molecule has 0 aliphatic heterocycles. The van der Waals surface area contributed by atoms with Gasteiger partial charge in [-0.05, 0) is 48.9 Å². The predicted octanol–water partition coefficient (Wildman–Crippen LogP) is 1.96. The molecule has 5 nitrogen and oxygen atoms in total. The van der Waals surface area contributed by atoms with Gasteiger partial charge in [0.15, 0.2) is 0 Å². The van der Waals surface area contributed by atoms with Gasteiger partial charge in [0, 0.05) is 18.3 Å². The Balaban J connectivity index is 3.23. The van der Waals surface area contributed by atoms with E-state index in [9.17, 15) is 8.42 Å². The van der Waals surface area contributed by atoms with Gasteiger partial charge in [-0.15, -0.1) is 0 Å². The van der Waals surface area contributed by atoms with E-state index in [0.717, 1.165) is 0 Å². The Morgan fingerprint density at radius 3 is 2.10 bits per heavy atom. The highest BCUT2D eigenvalue weighted by Crippen LogP contribution is 2.27. The molecule has 0 radical (unpaired) electrons. The number of sulfonamides is 1. The van der Waals surface area contributed by atoms with Gasteiger partial charge in [-0.25, -0.2) is 13.1 Å². The lowest BCUT2D eigenvalue weighted by molar-refractivity contribution is 0.214. The van der Waals surface area contributed by atoms with E-state index in [1.54, 1.807) is 26.0 Å². The number of anilines is 1. The molecule has 0 fully saturated rings. The van der Waals surface area contributed by atoms with Crippen LogP contribution in [0.4, 0.5) is 5.69 Å². The van der Waals surface area contributed by atoms with E-state index < -0.39 is 10.0 Å². The Kier molecular flexibility index (Phi) is 5.41. The van der Waals surface area contributed by atoms with Crippen LogP contribution >= 0.6 is 0 Å². The molecular formula is C15H26N2O3S. The molecule has 4 N–H and O–H groups in total. The van der Waals surface area contributed by atoms with Crippen molar-refractivity contribution in [1.82, 2.24) is 4.72 Å². The first-order chi connectivity index (χ1) is 9.49. The Bertz CT molecular complexity index is 581. The van der Waals surface area contributed by atoms with Crippen LogP contribution in [-0.4, -0.2) is 26.2 Å². The number of benzene rings is 1. The molecule has 0 spiro atoms. The van der Waals surface area contributed by atoms with E-state index >= 15 is 0 Å².